The summed E-state index contributed by atoms with van der Waals surface area (Å²) in [5.41, 5.74) is 0.728. The van der Waals surface area contributed by atoms with Crippen LogP contribution in [0.1, 0.15) is 26.7 Å². The molecular formula is C13H19ClN2O. The third kappa shape index (κ3) is 5.20. The van der Waals surface area contributed by atoms with E-state index in [9.17, 15) is 4.79 Å². The van der Waals surface area contributed by atoms with Crippen LogP contribution in [0.15, 0.2) is 24.3 Å². The first-order valence-electron chi connectivity index (χ1n) is 5.93. The van der Waals surface area contributed by atoms with E-state index >= 15 is 0 Å². The van der Waals surface area contributed by atoms with Crippen molar-refractivity contribution in [3.63, 3.8) is 0 Å². The summed E-state index contributed by atoms with van der Waals surface area (Å²) in [5.74, 6) is -0.0385. The van der Waals surface area contributed by atoms with Gasteiger partial charge in [-0.3, -0.25) is 4.79 Å². The van der Waals surface area contributed by atoms with E-state index in [1.54, 1.807) is 12.1 Å². The van der Waals surface area contributed by atoms with Gasteiger partial charge in [-0.1, -0.05) is 31.0 Å². The largest absolute Gasteiger partial charge is 0.325 e. The predicted octanol–water partition coefficient (Wildman–Crippen LogP) is 3.06. The lowest BCUT2D eigenvalue weighted by atomic mass is 10.2. The van der Waals surface area contributed by atoms with Gasteiger partial charge in [0.15, 0.2) is 0 Å². The van der Waals surface area contributed by atoms with Crippen LogP contribution >= 0.6 is 11.6 Å². The van der Waals surface area contributed by atoms with Crippen molar-refractivity contribution in [1.82, 2.24) is 5.32 Å². The van der Waals surface area contributed by atoms with E-state index in [0.717, 1.165) is 25.1 Å². The number of hydrogen-bond donors (Lipinski definition) is 2. The summed E-state index contributed by atoms with van der Waals surface area (Å²) in [6.07, 6.45) is 2.20. The van der Waals surface area contributed by atoms with Gasteiger partial charge in [0, 0.05) is 10.7 Å². The molecule has 0 heterocycles. The van der Waals surface area contributed by atoms with Crippen LogP contribution in [0.4, 0.5) is 5.69 Å². The number of carbonyl (C=O) groups excluding carboxylic acids is 1. The van der Waals surface area contributed by atoms with E-state index in [-0.39, 0.29) is 11.9 Å². The molecule has 0 spiro atoms. The number of hydrogen-bond acceptors (Lipinski definition) is 2. The number of rotatable bonds is 6. The maximum Gasteiger partial charge on any atom is 0.241 e. The van der Waals surface area contributed by atoms with E-state index in [2.05, 4.69) is 17.6 Å². The van der Waals surface area contributed by atoms with Gasteiger partial charge in [0.1, 0.15) is 0 Å². The molecule has 4 heteroatoms. The maximum absolute atomic E-state index is 11.8. The van der Waals surface area contributed by atoms with Crippen LogP contribution in [0.2, 0.25) is 5.02 Å². The average molecular weight is 255 g/mol. The Morgan fingerprint density at radius 2 is 2.24 bits per heavy atom. The number of anilines is 1. The van der Waals surface area contributed by atoms with Gasteiger partial charge in [-0.25, -0.2) is 0 Å². The molecule has 0 aliphatic carbocycles. The zero-order valence-electron chi connectivity index (χ0n) is 10.3. The number of carbonyl (C=O) groups is 1. The maximum atomic E-state index is 11.8. The van der Waals surface area contributed by atoms with E-state index < -0.39 is 0 Å². The molecule has 0 aliphatic heterocycles. The van der Waals surface area contributed by atoms with Crippen LogP contribution in [0.25, 0.3) is 0 Å². The molecule has 0 saturated heterocycles. The predicted molar refractivity (Wildman–Crippen MR) is 72.5 cm³/mol. The molecule has 1 aromatic rings. The fourth-order valence-corrected chi connectivity index (χ4v) is 1.60. The molecule has 0 saturated carbocycles. The Labute approximate surface area is 108 Å². The van der Waals surface area contributed by atoms with Crippen molar-refractivity contribution in [3.05, 3.63) is 29.3 Å². The first-order chi connectivity index (χ1) is 8.13. The monoisotopic (exact) mass is 254 g/mol. The quantitative estimate of drug-likeness (QED) is 0.766. The molecule has 17 heavy (non-hydrogen) atoms. The minimum Gasteiger partial charge on any atom is -0.325 e. The highest BCUT2D eigenvalue weighted by atomic mass is 35.5. The van der Waals surface area contributed by atoms with Gasteiger partial charge in [0.25, 0.3) is 0 Å². The summed E-state index contributed by atoms with van der Waals surface area (Å²) in [4.78, 5) is 11.8. The summed E-state index contributed by atoms with van der Waals surface area (Å²) in [6, 6.07) is 6.95. The van der Waals surface area contributed by atoms with E-state index in [4.69, 9.17) is 11.6 Å². The molecule has 1 amide bonds. The van der Waals surface area contributed by atoms with Crippen LogP contribution in [0, 0.1) is 0 Å². The smallest absolute Gasteiger partial charge is 0.241 e. The van der Waals surface area contributed by atoms with Crippen molar-refractivity contribution in [2.45, 2.75) is 32.7 Å². The second-order valence-electron chi connectivity index (χ2n) is 4.03. The average Bonchev–Trinajstić information content (AvgIpc) is 2.29. The molecular weight excluding hydrogens is 236 g/mol. The summed E-state index contributed by atoms with van der Waals surface area (Å²) in [5, 5.41) is 6.62. The summed E-state index contributed by atoms with van der Waals surface area (Å²) in [6.45, 7) is 4.84. The molecule has 3 nitrogen and oxygen atoms in total. The standard InChI is InChI=1S/C13H19ClN2O/c1-3-4-8-15-10(2)13(17)16-12-7-5-6-11(14)9-12/h5-7,9-10,15H,3-4,8H2,1-2H3,(H,16,17). The van der Waals surface area contributed by atoms with Crippen molar-refractivity contribution in [2.75, 3.05) is 11.9 Å². The molecule has 94 valence electrons. The molecule has 0 radical (unpaired) electrons. The molecule has 0 aromatic heterocycles. The molecule has 1 aromatic carbocycles. The van der Waals surface area contributed by atoms with Gasteiger partial charge in [0.2, 0.25) is 5.91 Å². The van der Waals surface area contributed by atoms with Crippen LogP contribution in [0.5, 0.6) is 0 Å². The van der Waals surface area contributed by atoms with E-state index in [1.165, 1.54) is 0 Å². The Morgan fingerprint density at radius 3 is 2.88 bits per heavy atom. The van der Waals surface area contributed by atoms with Gasteiger partial charge in [-0.2, -0.15) is 0 Å². The third-order valence-electron chi connectivity index (χ3n) is 2.47. The second-order valence-corrected chi connectivity index (χ2v) is 4.47. The molecule has 1 rings (SSSR count). The first-order valence-corrected chi connectivity index (χ1v) is 6.31. The van der Waals surface area contributed by atoms with Crippen molar-refractivity contribution in [3.8, 4) is 0 Å². The van der Waals surface area contributed by atoms with Crippen molar-refractivity contribution in [2.24, 2.45) is 0 Å². The lowest BCUT2D eigenvalue weighted by Crippen LogP contribution is -2.38. The fraction of sp³-hybridized carbons (Fsp3) is 0.462. The molecule has 0 aliphatic rings. The van der Waals surface area contributed by atoms with Gasteiger partial charge < -0.3 is 10.6 Å². The van der Waals surface area contributed by atoms with Gasteiger partial charge in [-0.05, 0) is 38.1 Å². The Bertz CT molecular complexity index is 368. The van der Waals surface area contributed by atoms with Crippen molar-refractivity contribution in [1.29, 1.82) is 0 Å². The minimum atomic E-state index is -0.194. The molecule has 1 atom stereocenters. The van der Waals surface area contributed by atoms with Crippen LogP contribution in [-0.4, -0.2) is 18.5 Å². The zero-order chi connectivity index (χ0) is 12.7. The second kappa shape index (κ2) is 7.30. The summed E-state index contributed by atoms with van der Waals surface area (Å²) < 4.78 is 0. The van der Waals surface area contributed by atoms with Crippen LogP contribution < -0.4 is 10.6 Å². The van der Waals surface area contributed by atoms with Crippen molar-refractivity contribution >= 4 is 23.2 Å². The number of amides is 1. The van der Waals surface area contributed by atoms with Crippen LogP contribution in [0.3, 0.4) is 0 Å². The van der Waals surface area contributed by atoms with Crippen molar-refractivity contribution < 1.29 is 4.79 Å². The Kier molecular flexibility index (Phi) is 6.01. The normalized spacial score (nSPS) is 12.2. The highest BCUT2D eigenvalue weighted by Crippen LogP contribution is 2.14. The number of nitrogens with one attached hydrogen (secondary N) is 2. The molecule has 1 unspecified atom stereocenters. The Balaban J connectivity index is 2.43. The fourth-order valence-electron chi connectivity index (χ4n) is 1.40. The summed E-state index contributed by atoms with van der Waals surface area (Å²) >= 11 is 5.84. The lowest BCUT2D eigenvalue weighted by Gasteiger charge is -2.13. The number of halogens is 1. The van der Waals surface area contributed by atoms with E-state index in [1.807, 2.05) is 19.1 Å². The topological polar surface area (TPSA) is 41.1 Å². The highest BCUT2D eigenvalue weighted by molar-refractivity contribution is 6.30. The van der Waals surface area contributed by atoms with Gasteiger partial charge in [-0.15, -0.1) is 0 Å². The third-order valence-corrected chi connectivity index (χ3v) is 2.70. The molecule has 0 fully saturated rings. The summed E-state index contributed by atoms with van der Waals surface area (Å²) in [7, 11) is 0. The Hall–Kier alpha value is -1.06. The number of unbranched alkanes of at least 4 members (excludes halogenated alkanes) is 1. The molecule has 0 bridgehead atoms. The minimum absolute atomic E-state index is 0.0385. The van der Waals surface area contributed by atoms with Crippen LogP contribution in [-0.2, 0) is 4.79 Å². The lowest BCUT2D eigenvalue weighted by molar-refractivity contribution is -0.117. The Morgan fingerprint density at radius 1 is 1.47 bits per heavy atom. The number of benzene rings is 1. The highest BCUT2D eigenvalue weighted by Gasteiger charge is 2.11. The SMILES string of the molecule is CCCCNC(C)C(=O)Nc1cccc(Cl)c1. The van der Waals surface area contributed by atoms with Gasteiger partial charge in [0.05, 0.1) is 6.04 Å². The first kappa shape index (κ1) is 14.0. The molecule has 2 N–H and O–H groups in total. The zero-order valence-corrected chi connectivity index (χ0v) is 11.1. The van der Waals surface area contributed by atoms with Gasteiger partial charge >= 0.3 is 0 Å². The van der Waals surface area contributed by atoms with E-state index in [0.29, 0.717) is 5.02 Å².